The number of likely N-dealkylation sites (tertiary alicyclic amines) is 2. The van der Waals surface area contributed by atoms with Crippen LogP contribution in [0.3, 0.4) is 0 Å². The second-order valence-electron chi connectivity index (χ2n) is 18.7. The molecule has 6 amide bonds. The van der Waals surface area contributed by atoms with Gasteiger partial charge in [-0.1, -0.05) is 121 Å². The third-order valence-electron chi connectivity index (χ3n) is 14.4. The molecule has 2 heterocycles. The second kappa shape index (κ2) is 17.5. The molecule has 12 heteroatoms. The SMILES string of the molecule is O=C(N[C@H]1C[C@@H]1c1ccccc1)[C@@H]1CN(C(=O)/C=C/C(=O)N2C[C@@H](C(=O)N[C@H]3C[C@@H]3c3ccccc3)[C@H](C(=O)N[C@H]3C[C@@H]3c3ccccc3)C2)C[C@H]1C(=O)N[C@H]1C[C@@H]1c1ccccc1. The van der Waals surface area contributed by atoms with E-state index in [9.17, 15) is 28.8 Å². The number of benzene rings is 4. The van der Waals surface area contributed by atoms with Crippen LogP contribution >= 0.6 is 0 Å². The smallest absolute Gasteiger partial charge is 0.246 e. The molecule has 10 rings (SSSR count). The zero-order valence-electron chi connectivity index (χ0n) is 35.6. The standard InChI is InChI=1S/C52H54N6O6/c59-47(57-27-39(49(61)53-43-23-35(43)31-13-5-1-6-14-31)40(28-57)50(62)54-44-24-36(44)32-15-7-2-8-16-32)21-22-48(60)58-29-41(51(63)55-45-25-37(45)33-17-9-3-10-18-33)42(30-58)52(64)56-46-26-38(46)34-19-11-4-12-20-34/h1-22,35-46H,23-30H2,(H,53,61)(H,54,62)(H,55,63)(H,56,64)/b22-21+/t35-,36-,37-,38-,39-,40-,41-,42-,43+,44+,45+,46+/m1/s1. The summed E-state index contributed by atoms with van der Waals surface area (Å²) in [5.41, 5.74) is 4.60. The lowest BCUT2D eigenvalue weighted by Crippen LogP contribution is -2.43. The molecule has 6 aliphatic rings. The summed E-state index contributed by atoms with van der Waals surface area (Å²) < 4.78 is 0. The number of carbonyl (C=O) groups excluding carboxylic acids is 6. The van der Waals surface area contributed by atoms with Crippen LogP contribution in [-0.2, 0) is 28.8 Å². The zero-order chi connectivity index (χ0) is 43.9. The van der Waals surface area contributed by atoms with Gasteiger partial charge in [0.1, 0.15) is 0 Å². The van der Waals surface area contributed by atoms with E-state index in [0.717, 1.165) is 47.9 Å². The van der Waals surface area contributed by atoms with Crippen molar-refractivity contribution in [2.75, 3.05) is 26.2 Å². The van der Waals surface area contributed by atoms with Crippen molar-refractivity contribution >= 4 is 35.4 Å². The fourth-order valence-corrected chi connectivity index (χ4v) is 10.2. The maximum Gasteiger partial charge on any atom is 0.246 e. The van der Waals surface area contributed by atoms with Crippen molar-refractivity contribution in [2.24, 2.45) is 23.7 Å². The Morgan fingerprint density at radius 1 is 0.359 bits per heavy atom. The second-order valence-corrected chi connectivity index (χ2v) is 18.7. The van der Waals surface area contributed by atoms with Crippen molar-refractivity contribution < 1.29 is 28.8 Å². The minimum absolute atomic E-state index is 0.0290. The molecule has 4 aliphatic carbocycles. The monoisotopic (exact) mass is 858 g/mol. The molecule has 12 atom stereocenters. The summed E-state index contributed by atoms with van der Waals surface area (Å²) in [6.45, 7) is 0.116. The molecule has 0 aromatic heterocycles. The van der Waals surface area contributed by atoms with Crippen LogP contribution in [0.15, 0.2) is 133 Å². The highest BCUT2D eigenvalue weighted by atomic mass is 16.2. The Balaban J connectivity index is 0.795. The Hall–Kier alpha value is -6.56. The van der Waals surface area contributed by atoms with Crippen molar-refractivity contribution in [2.45, 2.75) is 73.5 Å². The number of rotatable bonds is 14. The molecule has 0 bridgehead atoms. The van der Waals surface area contributed by atoms with Gasteiger partial charge in [-0.15, -0.1) is 0 Å². The molecule has 4 N–H and O–H groups in total. The molecule has 0 radical (unpaired) electrons. The van der Waals surface area contributed by atoms with Crippen molar-refractivity contribution in [1.82, 2.24) is 31.1 Å². The number of nitrogens with one attached hydrogen (secondary N) is 4. The molecular weight excluding hydrogens is 805 g/mol. The van der Waals surface area contributed by atoms with Crippen LogP contribution < -0.4 is 21.3 Å². The Bertz CT molecular complexity index is 2110. The van der Waals surface area contributed by atoms with Gasteiger partial charge in [-0.3, -0.25) is 28.8 Å². The molecule has 2 saturated heterocycles. The van der Waals surface area contributed by atoms with Crippen LogP contribution in [0.1, 0.15) is 71.6 Å². The van der Waals surface area contributed by atoms with Gasteiger partial charge in [-0.25, -0.2) is 0 Å². The van der Waals surface area contributed by atoms with Crippen LogP contribution in [0.5, 0.6) is 0 Å². The summed E-state index contributed by atoms with van der Waals surface area (Å²) in [6.07, 6.45) is 5.58. The van der Waals surface area contributed by atoms with Crippen LogP contribution in [0.2, 0.25) is 0 Å². The fourth-order valence-electron chi connectivity index (χ4n) is 10.2. The topological polar surface area (TPSA) is 157 Å². The summed E-state index contributed by atoms with van der Waals surface area (Å²) in [4.78, 5) is 86.2. The Labute approximate surface area is 373 Å². The van der Waals surface area contributed by atoms with E-state index in [-0.39, 0.29) is 97.6 Å². The number of nitrogens with zero attached hydrogens (tertiary/aromatic N) is 2. The summed E-state index contributed by atoms with van der Waals surface area (Å²) >= 11 is 0. The van der Waals surface area contributed by atoms with E-state index < -0.39 is 35.5 Å². The predicted octanol–water partition coefficient (Wildman–Crippen LogP) is 4.38. The highest BCUT2D eigenvalue weighted by Crippen LogP contribution is 2.44. The van der Waals surface area contributed by atoms with Gasteiger partial charge in [0.2, 0.25) is 35.4 Å². The van der Waals surface area contributed by atoms with Crippen LogP contribution in [0.25, 0.3) is 0 Å². The summed E-state index contributed by atoms with van der Waals surface area (Å²) in [5, 5.41) is 12.6. The molecule has 4 aromatic rings. The van der Waals surface area contributed by atoms with Gasteiger partial charge in [-0.05, 0) is 47.9 Å². The molecule has 0 unspecified atom stereocenters. The first-order valence-electron chi connectivity index (χ1n) is 22.9. The van der Waals surface area contributed by atoms with Crippen LogP contribution in [0, 0.1) is 23.7 Å². The minimum atomic E-state index is -0.767. The Morgan fingerprint density at radius 2 is 0.578 bits per heavy atom. The quantitative estimate of drug-likeness (QED) is 0.138. The molecular formula is C52H54N6O6. The lowest BCUT2D eigenvalue weighted by atomic mass is 9.94. The van der Waals surface area contributed by atoms with Crippen LogP contribution in [-0.4, -0.2) is 95.6 Å². The lowest BCUT2D eigenvalue weighted by molar-refractivity contribution is -0.133. The molecule has 64 heavy (non-hydrogen) atoms. The van der Waals surface area contributed by atoms with E-state index in [1.165, 1.54) is 22.0 Å². The number of carbonyl (C=O) groups is 6. The third-order valence-corrected chi connectivity index (χ3v) is 14.4. The molecule has 328 valence electrons. The Kier molecular flexibility index (Phi) is 11.4. The lowest BCUT2D eigenvalue weighted by Gasteiger charge is -2.18. The molecule has 2 aliphatic heterocycles. The average molecular weight is 859 g/mol. The largest absolute Gasteiger partial charge is 0.352 e. The van der Waals surface area contributed by atoms with Crippen molar-refractivity contribution in [1.29, 1.82) is 0 Å². The number of amides is 6. The molecule has 0 spiro atoms. The van der Waals surface area contributed by atoms with Gasteiger partial charge in [0, 0.05) is 86.2 Å². The number of hydrogen-bond acceptors (Lipinski definition) is 6. The van der Waals surface area contributed by atoms with E-state index in [4.69, 9.17) is 0 Å². The van der Waals surface area contributed by atoms with E-state index in [1.807, 2.05) is 121 Å². The first-order chi connectivity index (χ1) is 31.2. The van der Waals surface area contributed by atoms with Gasteiger partial charge < -0.3 is 31.1 Å². The van der Waals surface area contributed by atoms with E-state index in [0.29, 0.717) is 0 Å². The van der Waals surface area contributed by atoms with Gasteiger partial charge in [0.25, 0.3) is 0 Å². The van der Waals surface area contributed by atoms with E-state index in [2.05, 4.69) is 21.3 Å². The maximum absolute atomic E-state index is 13.9. The van der Waals surface area contributed by atoms with E-state index in [1.54, 1.807) is 0 Å². The van der Waals surface area contributed by atoms with Crippen LogP contribution in [0.4, 0.5) is 0 Å². The first-order valence-corrected chi connectivity index (χ1v) is 22.9. The highest BCUT2D eigenvalue weighted by Gasteiger charge is 2.50. The summed E-state index contributed by atoms with van der Waals surface area (Å²) in [6, 6.07) is 39.9. The van der Waals surface area contributed by atoms with Gasteiger partial charge in [-0.2, -0.15) is 0 Å². The Morgan fingerprint density at radius 3 is 0.797 bits per heavy atom. The van der Waals surface area contributed by atoms with Crippen molar-refractivity contribution in [3.63, 3.8) is 0 Å². The van der Waals surface area contributed by atoms with Crippen molar-refractivity contribution in [3.8, 4) is 0 Å². The molecule has 6 fully saturated rings. The van der Waals surface area contributed by atoms with E-state index >= 15 is 0 Å². The van der Waals surface area contributed by atoms with Gasteiger partial charge in [0.05, 0.1) is 23.7 Å². The summed E-state index contributed by atoms with van der Waals surface area (Å²) in [7, 11) is 0. The first kappa shape index (κ1) is 41.5. The summed E-state index contributed by atoms with van der Waals surface area (Å²) in [5.74, 6) is -4.30. The van der Waals surface area contributed by atoms with Gasteiger partial charge in [0.15, 0.2) is 0 Å². The van der Waals surface area contributed by atoms with Crippen molar-refractivity contribution in [3.05, 3.63) is 156 Å². The normalized spacial score (nSPS) is 30.9. The third kappa shape index (κ3) is 9.09. The maximum atomic E-state index is 13.9. The number of hydrogen-bond donors (Lipinski definition) is 4. The van der Waals surface area contributed by atoms with Gasteiger partial charge >= 0.3 is 0 Å². The average Bonchev–Trinajstić information content (AvgIpc) is 4.26. The molecule has 12 nitrogen and oxygen atoms in total. The molecule has 4 saturated carbocycles. The predicted molar refractivity (Wildman–Crippen MR) is 239 cm³/mol. The minimum Gasteiger partial charge on any atom is -0.352 e. The molecule has 4 aromatic carbocycles. The fraction of sp³-hybridized carbons (Fsp3) is 0.385. The zero-order valence-corrected chi connectivity index (χ0v) is 35.6. The highest BCUT2D eigenvalue weighted by molar-refractivity contribution is 5.99.